The normalized spacial score (nSPS) is 9.17. The number of aliphatic hydroxyl groups is 3. The van der Waals surface area contributed by atoms with Crippen molar-refractivity contribution >= 4 is 17.2 Å². The van der Waals surface area contributed by atoms with E-state index in [1.807, 2.05) is 0 Å². The van der Waals surface area contributed by atoms with Gasteiger partial charge in [0.15, 0.2) is 0 Å². The molecule has 0 amide bonds. The summed E-state index contributed by atoms with van der Waals surface area (Å²) in [5, 5.41) is 44.3. The number of ketones is 1. The number of hydrogen-bond donors (Lipinski definition) is 3. The second-order valence-corrected chi connectivity index (χ2v) is 4.08. The van der Waals surface area contributed by atoms with Crippen LogP contribution in [0, 0.1) is 26.0 Å². The van der Waals surface area contributed by atoms with Gasteiger partial charge >= 0.3 is 5.69 Å². The van der Waals surface area contributed by atoms with Gasteiger partial charge in [-0.2, -0.15) is 4.39 Å². The summed E-state index contributed by atoms with van der Waals surface area (Å²) in [5.74, 6) is -0.921. The summed E-state index contributed by atoms with van der Waals surface area (Å²) in [6, 6.07) is 2.13. The number of nitro benzene ring substituents is 2. The molecule has 3 N–H and O–H groups in total. The number of benzene rings is 1. The second-order valence-electron chi connectivity index (χ2n) is 4.08. The monoisotopic (exact) mass is 336 g/mol. The van der Waals surface area contributed by atoms with E-state index in [0.29, 0.717) is 12.1 Å². The van der Waals surface area contributed by atoms with Crippen LogP contribution in [0.2, 0.25) is 0 Å². The molecule has 0 bridgehead atoms. The molecule has 1 aromatic carbocycles. The van der Waals surface area contributed by atoms with Gasteiger partial charge in [-0.25, -0.2) is 0 Å². The Bertz CT molecular complexity index is 530. The quantitative estimate of drug-likeness (QED) is 0.530. The molecule has 23 heavy (non-hydrogen) atoms. The van der Waals surface area contributed by atoms with Crippen LogP contribution in [0.3, 0.4) is 0 Å². The molecule has 1 aromatic rings. The molecule has 1 rings (SSSR count). The summed E-state index contributed by atoms with van der Waals surface area (Å²) in [5.41, 5.74) is -1.40. The van der Waals surface area contributed by atoms with E-state index < -0.39 is 33.1 Å². The molecule has 130 valence electrons. The maximum absolute atomic E-state index is 12.6. The third-order valence-electron chi connectivity index (χ3n) is 1.76. The predicted octanol–water partition coefficient (Wildman–Crippen LogP) is 0.569. The van der Waals surface area contributed by atoms with Crippen molar-refractivity contribution in [3.63, 3.8) is 0 Å². The molecule has 11 heteroatoms. The van der Waals surface area contributed by atoms with Crippen LogP contribution in [0.4, 0.5) is 15.8 Å². The highest BCUT2D eigenvalue weighted by Crippen LogP contribution is 2.22. The van der Waals surface area contributed by atoms with E-state index >= 15 is 0 Å². The molecule has 0 aliphatic rings. The number of Topliss-reactive ketones (excluding diaryl/α,β-unsaturated/α-hetero) is 1. The van der Waals surface area contributed by atoms with Crippen LogP contribution in [-0.2, 0) is 4.79 Å². The molecule has 0 spiro atoms. The Labute approximate surface area is 130 Å². The van der Waals surface area contributed by atoms with Gasteiger partial charge in [-0.15, -0.1) is 0 Å². The van der Waals surface area contributed by atoms with Crippen molar-refractivity contribution in [2.75, 3.05) is 13.2 Å². The van der Waals surface area contributed by atoms with Gasteiger partial charge in [-0.05, 0) is 19.9 Å². The summed E-state index contributed by atoms with van der Waals surface area (Å²) in [4.78, 5) is 27.9. The fourth-order valence-electron chi connectivity index (χ4n) is 0.812. The minimum Gasteiger partial charge on any atom is -0.394 e. The Morgan fingerprint density at radius 3 is 1.87 bits per heavy atom. The average molecular weight is 336 g/mol. The fourth-order valence-corrected chi connectivity index (χ4v) is 0.812. The number of hydrogen-bond acceptors (Lipinski definition) is 8. The number of nitro groups is 2. The first kappa shape index (κ1) is 22.8. The van der Waals surface area contributed by atoms with E-state index in [9.17, 15) is 29.4 Å². The molecule has 0 aliphatic heterocycles. The van der Waals surface area contributed by atoms with Gasteiger partial charge in [0.2, 0.25) is 5.82 Å². The molecule has 0 saturated carbocycles. The molecular weight excluding hydrogens is 319 g/mol. The number of carbonyl (C=O) groups excluding carboxylic acids is 1. The van der Waals surface area contributed by atoms with Crippen LogP contribution in [0.1, 0.15) is 13.8 Å². The number of non-ortho nitro benzene ring substituents is 1. The van der Waals surface area contributed by atoms with Crippen LogP contribution in [-0.4, -0.2) is 50.3 Å². The average Bonchev–Trinajstić information content (AvgIpc) is 2.46. The van der Waals surface area contributed by atoms with Crippen LogP contribution >= 0.6 is 0 Å². The van der Waals surface area contributed by atoms with Gasteiger partial charge < -0.3 is 20.1 Å². The van der Waals surface area contributed by atoms with Crippen molar-refractivity contribution < 1.29 is 34.4 Å². The van der Waals surface area contributed by atoms with Crippen molar-refractivity contribution in [2.24, 2.45) is 0 Å². The SMILES string of the molecule is CC(C)=O.O=[N+]([O-])c1ccc(F)c([N+](=O)[O-])c1.OCC(O)CO. The first-order chi connectivity index (χ1) is 10.6. The number of nitrogens with zero attached hydrogens (tertiary/aromatic N) is 2. The summed E-state index contributed by atoms with van der Waals surface area (Å²) in [7, 11) is 0. The zero-order valence-corrected chi connectivity index (χ0v) is 12.4. The predicted molar refractivity (Wildman–Crippen MR) is 76.2 cm³/mol. The van der Waals surface area contributed by atoms with Crippen molar-refractivity contribution in [1.29, 1.82) is 0 Å². The maximum atomic E-state index is 12.6. The smallest absolute Gasteiger partial charge is 0.311 e. The minimum atomic E-state index is -1.09. The summed E-state index contributed by atoms with van der Waals surface area (Å²) in [6.07, 6.45) is -0.954. The lowest BCUT2D eigenvalue weighted by molar-refractivity contribution is -0.395. The van der Waals surface area contributed by atoms with E-state index in [1.54, 1.807) is 0 Å². The molecule has 10 nitrogen and oxygen atoms in total. The molecule has 0 unspecified atom stereocenters. The third kappa shape index (κ3) is 11.8. The van der Waals surface area contributed by atoms with Crippen LogP contribution in [0.15, 0.2) is 18.2 Å². The van der Waals surface area contributed by atoms with Gasteiger partial charge in [0, 0.05) is 6.07 Å². The lowest BCUT2D eigenvalue weighted by atomic mass is 10.3. The molecule has 0 aliphatic carbocycles. The summed E-state index contributed by atoms with van der Waals surface area (Å²) in [6.45, 7) is 2.33. The van der Waals surface area contributed by atoms with E-state index in [0.717, 1.165) is 6.07 Å². The largest absolute Gasteiger partial charge is 0.394 e. The Balaban J connectivity index is 0. The molecule has 0 fully saturated rings. The van der Waals surface area contributed by atoms with E-state index in [-0.39, 0.29) is 19.0 Å². The molecule has 0 radical (unpaired) electrons. The Hall–Kier alpha value is -2.50. The zero-order chi connectivity index (χ0) is 18.6. The van der Waals surface area contributed by atoms with Gasteiger partial charge in [0.1, 0.15) is 11.9 Å². The van der Waals surface area contributed by atoms with E-state index in [4.69, 9.17) is 15.3 Å². The van der Waals surface area contributed by atoms with E-state index in [2.05, 4.69) is 0 Å². The highest BCUT2D eigenvalue weighted by molar-refractivity contribution is 5.72. The van der Waals surface area contributed by atoms with Gasteiger partial charge in [-0.1, -0.05) is 0 Å². The van der Waals surface area contributed by atoms with Crippen molar-refractivity contribution in [3.8, 4) is 0 Å². The van der Waals surface area contributed by atoms with Gasteiger partial charge in [-0.3, -0.25) is 20.2 Å². The third-order valence-corrected chi connectivity index (χ3v) is 1.76. The first-order valence-electron chi connectivity index (χ1n) is 6.02. The standard InChI is InChI=1S/C6H3FN2O4.C3H8O3.C3H6O/c7-5-2-1-4(8(10)11)3-6(5)9(12)13;4-1-3(6)2-5;1-3(2)4/h1-3H;3-6H,1-2H2;1-2H3. The number of carbonyl (C=O) groups is 1. The van der Waals surface area contributed by atoms with Crippen molar-refractivity contribution in [2.45, 2.75) is 20.0 Å². The van der Waals surface area contributed by atoms with Crippen LogP contribution in [0.25, 0.3) is 0 Å². The molecule has 0 saturated heterocycles. The highest BCUT2D eigenvalue weighted by Gasteiger charge is 2.18. The maximum Gasteiger partial charge on any atom is 0.311 e. The van der Waals surface area contributed by atoms with Crippen molar-refractivity contribution in [1.82, 2.24) is 0 Å². The zero-order valence-electron chi connectivity index (χ0n) is 12.4. The minimum absolute atomic E-state index is 0.167. The van der Waals surface area contributed by atoms with Gasteiger partial charge in [0.05, 0.1) is 29.1 Å². The number of rotatable bonds is 4. The molecule has 0 atom stereocenters. The number of halogens is 1. The van der Waals surface area contributed by atoms with Crippen LogP contribution < -0.4 is 0 Å². The lowest BCUT2D eigenvalue weighted by Crippen LogP contribution is -2.15. The summed E-state index contributed by atoms with van der Waals surface area (Å²) < 4.78 is 12.6. The van der Waals surface area contributed by atoms with Gasteiger partial charge in [0.25, 0.3) is 5.69 Å². The summed E-state index contributed by atoms with van der Waals surface area (Å²) >= 11 is 0. The molecule has 0 heterocycles. The molecule has 0 aromatic heterocycles. The topological polar surface area (TPSA) is 164 Å². The first-order valence-corrected chi connectivity index (χ1v) is 6.02. The lowest BCUT2D eigenvalue weighted by Gasteiger charge is -1.96. The second kappa shape index (κ2) is 12.1. The fraction of sp³-hybridized carbons (Fsp3) is 0.417. The number of aliphatic hydroxyl groups excluding tert-OH is 3. The van der Waals surface area contributed by atoms with E-state index in [1.165, 1.54) is 13.8 Å². The Morgan fingerprint density at radius 1 is 1.17 bits per heavy atom. The Morgan fingerprint density at radius 2 is 1.61 bits per heavy atom. The van der Waals surface area contributed by atoms with Crippen molar-refractivity contribution in [3.05, 3.63) is 44.2 Å². The molecular formula is C12H17FN2O8. The van der Waals surface area contributed by atoms with Crippen LogP contribution in [0.5, 0.6) is 0 Å². The highest BCUT2D eigenvalue weighted by atomic mass is 19.1. The Kier molecular flexibility index (Phi) is 12.0.